The van der Waals surface area contributed by atoms with Gasteiger partial charge in [0.2, 0.25) is 5.25 Å². The zero-order valence-electron chi connectivity index (χ0n) is 18.9. The van der Waals surface area contributed by atoms with Gasteiger partial charge in [-0.05, 0) is 6.42 Å². The molecule has 0 rings (SSSR count). The Bertz CT molecular complexity index is 621. The van der Waals surface area contributed by atoms with Crippen LogP contribution in [-0.2, 0) is 28.7 Å². The number of rotatable bonds is 21. The zero-order chi connectivity index (χ0) is 23.5. The van der Waals surface area contributed by atoms with E-state index in [1.54, 1.807) is 0 Å². The number of carbonyl (C=O) groups excluding carboxylic acids is 1. The first-order valence-corrected chi connectivity index (χ1v) is 13.1. The predicted octanol–water partition coefficient (Wildman–Crippen LogP) is 4.40. The van der Waals surface area contributed by atoms with Crippen LogP contribution in [0.1, 0.15) is 116 Å². The third-order valence-corrected chi connectivity index (χ3v) is 6.66. The van der Waals surface area contributed by atoms with Crippen molar-refractivity contribution in [1.29, 1.82) is 0 Å². The van der Waals surface area contributed by atoms with Crippen LogP contribution in [0.25, 0.3) is 0 Å². The summed E-state index contributed by atoms with van der Waals surface area (Å²) in [6, 6.07) is 0. The molecule has 184 valence electrons. The summed E-state index contributed by atoms with van der Waals surface area (Å²) in [5, 5.41) is 15.2. The fraction of sp³-hybridized carbons (Fsp3) is 0.864. The summed E-state index contributed by atoms with van der Waals surface area (Å²) in [4.78, 5) is 33.2. The molecule has 0 aliphatic heterocycles. The molecule has 1 unspecified atom stereocenters. The van der Waals surface area contributed by atoms with Crippen LogP contribution in [0.4, 0.5) is 0 Å². The molecular formula is C22H41NaO8S. The van der Waals surface area contributed by atoms with Gasteiger partial charge in [-0.25, -0.2) is 0 Å². The van der Waals surface area contributed by atoms with Crippen LogP contribution in [0.2, 0.25) is 0 Å². The van der Waals surface area contributed by atoms with Crippen LogP contribution in [0.3, 0.4) is 0 Å². The van der Waals surface area contributed by atoms with E-state index < -0.39 is 39.7 Å². The molecule has 0 bridgehead atoms. The normalized spacial score (nSPS) is 12.0. The molecule has 0 aromatic rings. The second-order valence-corrected chi connectivity index (χ2v) is 9.79. The standard InChI is InChI=1S/C22H40O8S.Na.H/c1-2-3-4-5-6-7-8-9-10-11-12-13-14-15-16-17-21(25)30-31(28,29)19(22(26)27)18-20(23)24;;/h19H,2-18H2,1H3,(H,23,24)(H,26,27);;. The maximum atomic E-state index is 11.8. The predicted molar refractivity (Wildman–Crippen MR) is 125 cm³/mol. The van der Waals surface area contributed by atoms with Crippen molar-refractivity contribution >= 4 is 57.6 Å². The Morgan fingerprint density at radius 2 is 1.09 bits per heavy atom. The molecule has 0 radical (unpaired) electrons. The number of carboxylic acid groups (broad SMARTS) is 2. The molecule has 0 saturated heterocycles. The van der Waals surface area contributed by atoms with Crippen molar-refractivity contribution < 1.29 is 37.2 Å². The maximum absolute atomic E-state index is 11.8. The van der Waals surface area contributed by atoms with E-state index in [2.05, 4.69) is 11.1 Å². The number of carbonyl (C=O) groups is 3. The average Bonchev–Trinajstić information content (AvgIpc) is 2.68. The van der Waals surface area contributed by atoms with Gasteiger partial charge in [0.1, 0.15) is 0 Å². The number of hydrogen-bond donors (Lipinski definition) is 2. The van der Waals surface area contributed by atoms with Gasteiger partial charge in [0, 0.05) is 6.42 Å². The summed E-state index contributed by atoms with van der Waals surface area (Å²) in [5.74, 6) is -4.51. The molecular weight excluding hydrogens is 447 g/mol. The fourth-order valence-electron chi connectivity index (χ4n) is 3.34. The van der Waals surface area contributed by atoms with Crippen molar-refractivity contribution in [3.05, 3.63) is 0 Å². The number of hydrogen-bond acceptors (Lipinski definition) is 6. The molecule has 1 atom stereocenters. The Balaban J connectivity index is 0. The van der Waals surface area contributed by atoms with Gasteiger partial charge in [-0.15, -0.1) is 0 Å². The van der Waals surface area contributed by atoms with Crippen molar-refractivity contribution in [3.8, 4) is 0 Å². The Morgan fingerprint density at radius 3 is 1.44 bits per heavy atom. The molecule has 0 aliphatic carbocycles. The summed E-state index contributed by atoms with van der Waals surface area (Å²) in [6.07, 6.45) is 16.1. The van der Waals surface area contributed by atoms with Crippen LogP contribution < -0.4 is 0 Å². The first-order chi connectivity index (χ1) is 14.7. The summed E-state index contributed by atoms with van der Waals surface area (Å²) in [5.41, 5.74) is 0. The fourth-order valence-corrected chi connectivity index (χ4v) is 4.39. The molecule has 0 spiro atoms. The minimum atomic E-state index is -4.82. The van der Waals surface area contributed by atoms with E-state index >= 15 is 0 Å². The number of carboxylic acids is 2. The Kier molecular flexibility index (Phi) is 21.9. The van der Waals surface area contributed by atoms with Gasteiger partial charge in [0.05, 0.1) is 6.42 Å². The third-order valence-electron chi connectivity index (χ3n) is 5.18. The van der Waals surface area contributed by atoms with Gasteiger partial charge in [0.15, 0.2) is 0 Å². The van der Waals surface area contributed by atoms with E-state index in [0.717, 1.165) is 25.7 Å². The molecule has 0 saturated carbocycles. The van der Waals surface area contributed by atoms with Crippen LogP contribution in [0, 0.1) is 0 Å². The van der Waals surface area contributed by atoms with Crippen molar-refractivity contribution in [2.24, 2.45) is 0 Å². The topological polar surface area (TPSA) is 135 Å². The quantitative estimate of drug-likeness (QED) is 0.138. The summed E-state index contributed by atoms with van der Waals surface area (Å²) >= 11 is 0. The molecule has 0 heterocycles. The van der Waals surface area contributed by atoms with Crippen LogP contribution >= 0.6 is 0 Å². The summed E-state index contributed by atoms with van der Waals surface area (Å²) in [6.45, 7) is 2.23. The van der Waals surface area contributed by atoms with E-state index in [9.17, 15) is 22.8 Å². The SMILES string of the molecule is CCCCCCCCCCCCCCCCCC(=O)OS(=O)(=O)C(CC(=O)O)C(=O)O.[NaH]. The summed E-state index contributed by atoms with van der Waals surface area (Å²) < 4.78 is 27.9. The first-order valence-electron chi connectivity index (χ1n) is 11.6. The molecule has 0 aromatic heterocycles. The third kappa shape index (κ3) is 18.9. The van der Waals surface area contributed by atoms with E-state index in [1.165, 1.54) is 64.2 Å². The summed E-state index contributed by atoms with van der Waals surface area (Å²) in [7, 11) is -4.82. The number of unbranched alkanes of at least 4 members (excludes halogenated alkanes) is 14. The number of aliphatic carboxylic acids is 2. The second kappa shape index (κ2) is 20.9. The van der Waals surface area contributed by atoms with Gasteiger partial charge in [-0.3, -0.25) is 14.4 Å². The van der Waals surface area contributed by atoms with E-state index in [4.69, 9.17) is 10.2 Å². The molecule has 0 aliphatic rings. The molecule has 2 N–H and O–H groups in total. The van der Waals surface area contributed by atoms with Crippen molar-refractivity contribution in [2.45, 2.75) is 121 Å². The van der Waals surface area contributed by atoms with Gasteiger partial charge in [-0.1, -0.05) is 96.8 Å². The molecule has 32 heavy (non-hydrogen) atoms. The van der Waals surface area contributed by atoms with Crippen molar-refractivity contribution in [2.75, 3.05) is 0 Å². The molecule has 0 fully saturated rings. The Labute approximate surface area is 215 Å². The van der Waals surface area contributed by atoms with Crippen molar-refractivity contribution in [3.63, 3.8) is 0 Å². The van der Waals surface area contributed by atoms with E-state index in [0.29, 0.717) is 6.42 Å². The van der Waals surface area contributed by atoms with Crippen LogP contribution in [-0.4, -0.2) is 71.3 Å². The van der Waals surface area contributed by atoms with Gasteiger partial charge in [-0.2, -0.15) is 8.42 Å². The first kappa shape index (κ1) is 33.5. The minimum absolute atomic E-state index is 0. The van der Waals surface area contributed by atoms with Gasteiger partial charge in [0.25, 0.3) is 0 Å². The van der Waals surface area contributed by atoms with Crippen LogP contribution in [0.15, 0.2) is 0 Å². The van der Waals surface area contributed by atoms with E-state index in [-0.39, 0.29) is 36.0 Å². The average molecular weight is 489 g/mol. The molecule has 10 heteroatoms. The zero-order valence-corrected chi connectivity index (χ0v) is 19.7. The monoisotopic (exact) mass is 488 g/mol. The molecule has 0 aromatic carbocycles. The van der Waals surface area contributed by atoms with Gasteiger partial charge >= 0.3 is 57.6 Å². The van der Waals surface area contributed by atoms with Gasteiger partial charge < -0.3 is 14.4 Å². The second-order valence-electron chi connectivity index (χ2n) is 8.07. The Hall–Kier alpha value is -0.640. The molecule has 8 nitrogen and oxygen atoms in total. The Morgan fingerprint density at radius 1 is 0.719 bits per heavy atom. The van der Waals surface area contributed by atoms with E-state index in [1.807, 2.05) is 0 Å². The van der Waals surface area contributed by atoms with Crippen molar-refractivity contribution in [1.82, 2.24) is 0 Å². The molecule has 0 amide bonds. The van der Waals surface area contributed by atoms with Crippen LogP contribution in [0.5, 0.6) is 0 Å².